The van der Waals surface area contributed by atoms with Crippen molar-refractivity contribution in [3.63, 3.8) is 0 Å². The number of hydrogen-bond acceptors (Lipinski definition) is 1. The number of alkyl halides is 1. The zero-order valence-corrected chi connectivity index (χ0v) is 20.9. The van der Waals surface area contributed by atoms with Crippen LogP contribution in [0.2, 0.25) is 0 Å². The minimum atomic E-state index is 0.395. The highest BCUT2D eigenvalue weighted by Crippen LogP contribution is 2.12. The molecule has 0 aromatic heterocycles. The van der Waals surface area contributed by atoms with Gasteiger partial charge in [0.15, 0.2) is 0 Å². The summed E-state index contributed by atoms with van der Waals surface area (Å²) in [6.45, 7) is 6.52. The van der Waals surface area contributed by atoms with Gasteiger partial charge in [-0.2, -0.15) is 0 Å². The van der Waals surface area contributed by atoms with E-state index in [-0.39, 0.29) is 0 Å². The van der Waals surface area contributed by atoms with E-state index in [9.17, 15) is 4.79 Å². The molecule has 0 saturated carbocycles. The van der Waals surface area contributed by atoms with Crippen LogP contribution in [-0.4, -0.2) is 29.2 Å². The van der Waals surface area contributed by atoms with Gasteiger partial charge in [0.1, 0.15) is 0 Å². The van der Waals surface area contributed by atoms with Crippen molar-refractivity contribution in [3.8, 4) is 0 Å². The lowest BCUT2D eigenvalue weighted by Gasteiger charge is -2.23. The van der Waals surface area contributed by atoms with Crippen molar-refractivity contribution in [2.75, 3.05) is 18.4 Å². The molecule has 0 atom stereocenters. The Morgan fingerprint density at radius 1 is 0.571 bits per heavy atom. The summed E-state index contributed by atoms with van der Waals surface area (Å²) in [6.07, 6.45) is 24.2. The quantitative estimate of drug-likeness (QED) is 0.117. The standard InChI is InChI=1S/C25H50BrNO/c1-3-5-7-9-11-13-15-19-23-27(25(28)21-17-18-22-26)24-20-16-14-12-10-8-6-4-2/h3-24H2,1-2H3. The van der Waals surface area contributed by atoms with Crippen molar-refractivity contribution in [1.29, 1.82) is 0 Å². The first-order chi connectivity index (χ1) is 13.8. The van der Waals surface area contributed by atoms with E-state index in [2.05, 4.69) is 34.7 Å². The molecule has 28 heavy (non-hydrogen) atoms. The van der Waals surface area contributed by atoms with Gasteiger partial charge in [-0.3, -0.25) is 4.79 Å². The molecule has 0 aliphatic heterocycles. The van der Waals surface area contributed by atoms with E-state index >= 15 is 0 Å². The first-order valence-electron chi connectivity index (χ1n) is 12.6. The molecule has 168 valence electrons. The molecule has 0 aromatic carbocycles. The topological polar surface area (TPSA) is 20.3 Å². The summed E-state index contributed by atoms with van der Waals surface area (Å²) < 4.78 is 0. The van der Waals surface area contributed by atoms with Crippen molar-refractivity contribution in [2.24, 2.45) is 0 Å². The van der Waals surface area contributed by atoms with E-state index in [4.69, 9.17) is 0 Å². The van der Waals surface area contributed by atoms with Crippen LogP contribution >= 0.6 is 15.9 Å². The fourth-order valence-electron chi connectivity index (χ4n) is 3.76. The van der Waals surface area contributed by atoms with Crippen molar-refractivity contribution in [3.05, 3.63) is 0 Å². The van der Waals surface area contributed by atoms with E-state index in [0.29, 0.717) is 5.91 Å². The lowest BCUT2D eigenvalue weighted by atomic mass is 10.1. The monoisotopic (exact) mass is 459 g/mol. The van der Waals surface area contributed by atoms with Gasteiger partial charge in [0.2, 0.25) is 5.91 Å². The van der Waals surface area contributed by atoms with Gasteiger partial charge in [-0.25, -0.2) is 0 Å². The molecule has 0 saturated heterocycles. The van der Waals surface area contributed by atoms with E-state index in [1.807, 2.05) is 0 Å². The third-order valence-corrected chi connectivity index (χ3v) is 6.25. The average Bonchev–Trinajstić information content (AvgIpc) is 2.70. The predicted molar refractivity (Wildman–Crippen MR) is 129 cm³/mol. The maximum atomic E-state index is 12.6. The highest BCUT2D eigenvalue weighted by atomic mass is 79.9. The summed E-state index contributed by atoms with van der Waals surface area (Å²) in [4.78, 5) is 14.8. The maximum Gasteiger partial charge on any atom is 0.222 e. The molecule has 0 N–H and O–H groups in total. The van der Waals surface area contributed by atoms with Gasteiger partial charge in [0.25, 0.3) is 0 Å². The molecule has 0 heterocycles. The van der Waals surface area contributed by atoms with Gasteiger partial charge in [0, 0.05) is 24.8 Å². The van der Waals surface area contributed by atoms with Crippen LogP contribution in [0, 0.1) is 0 Å². The second kappa shape index (κ2) is 23.2. The smallest absolute Gasteiger partial charge is 0.222 e. The number of carbonyl (C=O) groups excluding carboxylic acids is 1. The van der Waals surface area contributed by atoms with Crippen LogP contribution in [0.15, 0.2) is 0 Å². The Balaban J connectivity index is 3.93. The minimum absolute atomic E-state index is 0.395. The minimum Gasteiger partial charge on any atom is -0.343 e. The van der Waals surface area contributed by atoms with Crippen LogP contribution in [-0.2, 0) is 4.79 Å². The fraction of sp³-hybridized carbons (Fsp3) is 0.960. The summed E-state index contributed by atoms with van der Waals surface area (Å²) in [5, 5.41) is 1.01. The molecule has 0 aliphatic rings. The van der Waals surface area contributed by atoms with Crippen LogP contribution in [0.4, 0.5) is 0 Å². The molecular weight excluding hydrogens is 410 g/mol. The highest BCUT2D eigenvalue weighted by Gasteiger charge is 2.12. The fourth-order valence-corrected chi connectivity index (χ4v) is 4.16. The van der Waals surface area contributed by atoms with Crippen molar-refractivity contribution >= 4 is 21.8 Å². The zero-order valence-electron chi connectivity index (χ0n) is 19.3. The van der Waals surface area contributed by atoms with Gasteiger partial charge in [0.05, 0.1) is 0 Å². The summed E-state index contributed by atoms with van der Waals surface area (Å²) in [7, 11) is 0. The Morgan fingerprint density at radius 3 is 1.36 bits per heavy atom. The second-order valence-corrected chi connectivity index (χ2v) is 9.27. The Morgan fingerprint density at radius 2 is 0.964 bits per heavy atom. The van der Waals surface area contributed by atoms with Crippen LogP contribution < -0.4 is 0 Å². The van der Waals surface area contributed by atoms with Crippen molar-refractivity contribution < 1.29 is 4.79 Å². The third kappa shape index (κ3) is 19.3. The van der Waals surface area contributed by atoms with Crippen molar-refractivity contribution in [2.45, 2.75) is 136 Å². The zero-order chi connectivity index (χ0) is 20.7. The van der Waals surface area contributed by atoms with Gasteiger partial charge >= 0.3 is 0 Å². The normalized spacial score (nSPS) is 11.1. The first kappa shape index (κ1) is 27.9. The molecule has 3 heteroatoms. The molecular formula is C25H50BrNO. The third-order valence-electron chi connectivity index (χ3n) is 5.69. The van der Waals surface area contributed by atoms with Gasteiger partial charge in [-0.05, 0) is 25.7 Å². The Labute approximate surface area is 185 Å². The van der Waals surface area contributed by atoms with Crippen molar-refractivity contribution in [1.82, 2.24) is 4.90 Å². The van der Waals surface area contributed by atoms with Gasteiger partial charge in [-0.15, -0.1) is 0 Å². The highest BCUT2D eigenvalue weighted by molar-refractivity contribution is 9.09. The maximum absolute atomic E-state index is 12.6. The molecule has 0 spiro atoms. The summed E-state index contributed by atoms with van der Waals surface area (Å²) in [5.74, 6) is 0.395. The number of amides is 1. The van der Waals surface area contributed by atoms with Crippen LogP contribution in [0.1, 0.15) is 136 Å². The molecule has 0 unspecified atom stereocenters. The molecule has 0 rings (SSSR count). The molecule has 0 bridgehead atoms. The molecule has 0 radical (unpaired) electrons. The van der Waals surface area contributed by atoms with Crippen LogP contribution in [0.25, 0.3) is 0 Å². The lowest BCUT2D eigenvalue weighted by Crippen LogP contribution is -2.32. The largest absolute Gasteiger partial charge is 0.343 e. The summed E-state index contributed by atoms with van der Waals surface area (Å²) in [5.41, 5.74) is 0. The number of unbranched alkanes of at least 4 members (excludes halogenated alkanes) is 15. The summed E-state index contributed by atoms with van der Waals surface area (Å²) in [6, 6.07) is 0. The van der Waals surface area contributed by atoms with E-state index in [1.54, 1.807) is 0 Å². The van der Waals surface area contributed by atoms with Gasteiger partial charge in [-0.1, -0.05) is 120 Å². The average molecular weight is 461 g/mol. The molecule has 0 aliphatic carbocycles. The number of nitrogens with zero attached hydrogens (tertiary/aromatic N) is 1. The Bertz CT molecular complexity index is 302. The Kier molecular flexibility index (Phi) is 23.2. The van der Waals surface area contributed by atoms with E-state index in [1.165, 1.54) is 103 Å². The number of hydrogen-bond donors (Lipinski definition) is 0. The molecule has 1 amide bonds. The van der Waals surface area contributed by atoms with Crippen LogP contribution in [0.3, 0.4) is 0 Å². The predicted octanol–water partition coefficient (Wildman–Crippen LogP) is 8.66. The number of carbonyl (C=O) groups is 1. The number of rotatable bonds is 22. The summed E-state index contributed by atoms with van der Waals surface area (Å²) >= 11 is 3.47. The van der Waals surface area contributed by atoms with Crippen LogP contribution in [0.5, 0.6) is 0 Å². The second-order valence-electron chi connectivity index (χ2n) is 8.48. The molecule has 0 aromatic rings. The lowest BCUT2D eigenvalue weighted by molar-refractivity contribution is -0.131. The SMILES string of the molecule is CCCCCCCCCCN(CCCCCCCCCC)C(=O)CCCCBr. The molecule has 0 fully saturated rings. The number of halogens is 1. The van der Waals surface area contributed by atoms with E-state index < -0.39 is 0 Å². The van der Waals surface area contributed by atoms with E-state index in [0.717, 1.165) is 37.7 Å². The molecule has 2 nitrogen and oxygen atoms in total. The first-order valence-corrected chi connectivity index (χ1v) is 13.7. The Hall–Kier alpha value is -0.0500. The van der Waals surface area contributed by atoms with Gasteiger partial charge < -0.3 is 4.90 Å².